The number of benzene rings is 2. The fraction of sp³-hybridized carbons (Fsp3) is 0.273. The van der Waals surface area contributed by atoms with Gasteiger partial charge in [-0.3, -0.25) is 9.78 Å². The summed E-state index contributed by atoms with van der Waals surface area (Å²) in [4.78, 5) is 17.0. The first kappa shape index (κ1) is 22.2. The fourth-order valence-corrected chi connectivity index (χ4v) is 4.31. The van der Waals surface area contributed by atoms with E-state index in [1.165, 1.54) is 12.3 Å². The van der Waals surface area contributed by atoms with E-state index < -0.39 is 23.6 Å². The topological polar surface area (TPSA) is 91.5 Å². The number of aliphatic carboxylic acids is 1. The highest BCUT2D eigenvalue weighted by Crippen LogP contribution is 2.41. The number of nitrogens with zero attached hydrogens (tertiary/aromatic N) is 2. The Balaban J connectivity index is 1.69. The lowest BCUT2D eigenvalue weighted by atomic mass is 9.96. The minimum absolute atomic E-state index is 0.0437. The molecule has 1 fully saturated rings. The minimum Gasteiger partial charge on any atom is -0.481 e. The van der Waals surface area contributed by atoms with Gasteiger partial charge < -0.3 is 21.1 Å². The molecule has 2 heterocycles. The number of pyridine rings is 1. The molecule has 168 valence electrons. The number of anilines is 4. The standard InChI is InChI=1S/C22H20BrF3N4O2/c23-13-1-3-18-15(9-13)20(17(27)11-28-18)29-14-2-4-19(16(10-14)22(24,25)26)30-7-5-12(6-8-30)21(31)32/h1-4,9-12H,5-8,27H2,(H,28,29)(H,31,32). The van der Waals surface area contributed by atoms with Crippen LogP contribution in [-0.4, -0.2) is 29.1 Å². The van der Waals surface area contributed by atoms with Gasteiger partial charge in [0.2, 0.25) is 0 Å². The Bertz CT molecular complexity index is 1170. The highest BCUT2D eigenvalue weighted by Gasteiger charge is 2.36. The SMILES string of the molecule is Nc1cnc2ccc(Br)cc2c1Nc1ccc(N2CCC(C(=O)O)CC2)c(C(F)(F)F)c1. The van der Waals surface area contributed by atoms with Crippen LogP contribution in [0.1, 0.15) is 18.4 Å². The van der Waals surface area contributed by atoms with Crippen molar-refractivity contribution in [2.24, 2.45) is 5.92 Å². The highest BCUT2D eigenvalue weighted by atomic mass is 79.9. The lowest BCUT2D eigenvalue weighted by Gasteiger charge is -2.33. The summed E-state index contributed by atoms with van der Waals surface area (Å²) < 4.78 is 42.6. The van der Waals surface area contributed by atoms with Crippen LogP contribution in [0.5, 0.6) is 0 Å². The average molecular weight is 509 g/mol. The molecule has 0 radical (unpaired) electrons. The molecule has 0 spiro atoms. The van der Waals surface area contributed by atoms with Crippen molar-refractivity contribution in [3.8, 4) is 0 Å². The number of nitrogens with two attached hydrogens (primary N) is 1. The minimum atomic E-state index is -4.58. The lowest BCUT2D eigenvalue weighted by Crippen LogP contribution is -2.37. The van der Waals surface area contributed by atoms with E-state index in [0.717, 1.165) is 10.5 Å². The van der Waals surface area contributed by atoms with Gasteiger partial charge in [0.15, 0.2) is 0 Å². The molecule has 1 aliphatic rings. The number of carbonyl (C=O) groups is 1. The maximum atomic E-state index is 13.9. The quantitative estimate of drug-likeness (QED) is 0.422. The van der Waals surface area contributed by atoms with Crippen molar-refractivity contribution in [1.29, 1.82) is 0 Å². The number of fused-ring (bicyclic) bond motifs is 1. The van der Waals surface area contributed by atoms with Crippen LogP contribution >= 0.6 is 15.9 Å². The summed E-state index contributed by atoms with van der Waals surface area (Å²) in [7, 11) is 0. The molecule has 0 bridgehead atoms. The molecule has 0 atom stereocenters. The highest BCUT2D eigenvalue weighted by molar-refractivity contribution is 9.10. The summed E-state index contributed by atoms with van der Waals surface area (Å²) in [6, 6.07) is 9.45. The number of nitrogens with one attached hydrogen (secondary N) is 1. The molecule has 2 aromatic carbocycles. The van der Waals surface area contributed by atoms with Crippen LogP contribution in [-0.2, 0) is 11.0 Å². The molecule has 1 aliphatic heterocycles. The number of piperidine rings is 1. The molecule has 10 heteroatoms. The third-order valence-corrected chi connectivity index (χ3v) is 6.11. The van der Waals surface area contributed by atoms with E-state index in [1.807, 2.05) is 6.07 Å². The summed E-state index contributed by atoms with van der Waals surface area (Å²) in [6.45, 7) is 0.506. The van der Waals surface area contributed by atoms with Gasteiger partial charge in [-0.15, -0.1) is 0 Å². The Morgan fingerprint density at radius 3 is 2.56 bits per heavy atom. The number of nitrogen functional groups attached to an aromatic ring is 1. The third-order valence-electron chi connectivity index (χ3n) is 5.62. The molecule has 3 aromatic rings. The summed E-state index contributed by atoms with van der Waals surface area (Å²) >= 11 is 3.39. The first-order valence-corrected chi connectivity index (χ1v) is 10.7. The van der Waals surface area contributed by atoms with Crippen LogP contribution in [0.25, 0.3) is 10.9 Å². The van der Waals surface area contributed by atoms with Crippen molar-refractivity contribution >= 4 is 55.6 Å². The average Bonchev–Trinajstić information content (AvgIpc) is 2.75. The van der Waals surface area contributed by atoms with E-state index in [9.17, 15) is 18.0 Å². The van der Waals surface area contributed by atoms with Gasteiger partial charge in [0.1, 0.15) is 0 Å². The Labute approximate surface area is 190 Å². The monoisotopic (exact) mass is 508 g/mol. The first-order valence-electron chi connectivity index (χ1n) is 9.93. The summed E-state index contributed by atoms with van der Waals surface area (Å²) in [5.74, 6) is -1.43. The zero-order chi connectivity index (χ0) is 23.0. The van der Waals surface area contributed by atoms with Crippen LogP contribution in [0.3, 0.4) is 0 Å². The van der Waals surface area contributed by atoms with E-state index in [4.69, 9.17) is 10.8 Å². The maximum Gasteiger partial charge on any atom is 0.418 e. The van der Waals surface area contributed by atoms with Crippen molar-refractivity contribution < 1.29 is 23.1 Å². The van der Waals surface area contributed by atoms with Gasteiger partial charge in [-0.25, -0.2) is 0 Å². The number of hydrogen-bond donors (Lipinski definition) is 3. The van der Waals surface area contributed by atoms with Crippen molar-refractivity contribution in [3.63, 3.8) is 0 Å². The molecule has 1 aromatic heterocycles. The number of hydrogen-bond acceptors (Lipinski definition) is 5. The van der Waals surface area contributed by atoms with Crippen LogP contribution in [0, 0.1) is 5.92 Å². The zero-order valence-electron chi connectivity index (χ0n) is 16.8. The lowest BCUT2D eigenvalue weighted by molar-refractivity contribution is -0.142. The number of aromatic nitrogens is 1. The van der Waals surface area contributed by atoms with Crippen LogP contribution in [0.4, 0.5) is 35.9 Å². The van der Waals surface area contributed by atoms with Crippen LogP contribution in [0.15, 0.2) is 47.1 Å². The summed E-state index contributed by atoms with van der Waals surface area (Å²) in [5, 5.41) is 12.8. The molecule has 0 aliphatic carbocycles. The van der Waals surface area contributed by atoms with E-state index >= 15 is 0 Å². The third kappa shape index (κ3) is 4.45. The predicted octanol–water partition coefficient (Wildman–Crippen LogP) is 5.64. The van der Waals surface area contributed by atoms with Gasteiger partial charge in [-0.2, -0.15) is 13.2 Å². The Morgan fingerprint density at radius 1 is 1.19 bits per heavy atom. The van der Waals surface area contributed by atoms with E-state index in [1.54, 1.807) is 23.1 Å². The Kier molecular flexibility index (Phi) is 5.89. The van der Waals surface area contributed by atoms with Gasteiger partial charge in [0, 0.05) is 34.3 Å². The number of alkyl halides is 3. The molecular formula is C22H20BrF3N4O2. The van der Waals surface area contributed by atoms with Crippen molar-refractivity contribution in [1.82, 2.24) is 4.98 Å². The van der Waals surface area contributed by atoms with E-state index in [0.29, 0.717) is 35.1 Å². The Hall–Kier alpha value is -3.01. The second-order valence-electron chi connectivity index (χ2n) is 7.70. The van der Waals surface area contributed by atoms with Crippen molar-refractivity contribution in [3.05, 3.63) is 52.6 Å². The molecule has 6 nitrogen and oxygen atoms in total. The molecule has 0 saturated carbocycles. The number of carboxylic acid groups (broad SMARTS) is 1. The summed E-state index contributed by atoms with van der Waals surface area (Å²) in [5.41, 5.74) is 7.00. The molecule has 1 saturated heterocycles. The molecule has 4 rings (SSSR count). The van der Waals surface area contributed by atoms with Gasteiger partial charge in [-0.05, 0) is 49.2 Å². The largest absolute Gasteiger partial charge is 0.481 e. The van der Waals surface area contributed by atoms with Gasteiger partial charge in [-0.1, -0.05) is 15.9 Å². The molecule has 4 N–H and O–H groups in total. The van der Waals surface area contributed by atoms with Crippen molar-refractivity contribution in [2.45, 2.75) is 19.0 Å². The molecular weight excluding hydrogens is 489 g/mol. The zero-order valence-corrected chi connectivity index (χ0v) is 18.4. The molecule has 0 unspecified atom stereocenters. The van der Waals surface area contributed by atoms with E-state index in [-0.39, 0.29) is 24.5 Å². The number of rotatable bonds is 4. The number of halogens is 4. The second kappa shape index (κ2) is 8.50. The van der Waals surface area contributed by atoms with E-state index in [2.05, 4.69) is 26.2 Å². The van der Waals surface area contributed by atoms with Crippen LogP contribution in [0.2, 0.25) is 0 Å². The Morgan fingerprint density at radius 2 is 1.91 bits per heavy atom. The normalized spacial score (nSPS) is 15.2. The molecule has 32 heavy (non-hydrogen) atoms. The smallest absolute Gasteiger partial charge is 0.418 e. The summed E-state index contributed by atoms with van der Waals surface area (Å²) in [6.07, 6.45) is -2.50. The fourth-order valence-electron chi connectivity index (χ4n) is 3.95. The first-order chi connectivity index (χ1) is 15.1. The van der Waals surface area contributed by atoms with Gasteiger partial charge >= 0.3 is 12.1 Å². The molecule has 0 amide bonds. The van der Waals surface area contributed by atoms with Crippen molar-refractivity contribution in [2.75, 3.05) is 29.0 Å². The van der Waals surface area contributed by atoms with Gasteiger partial charge in [0.25, 0.3) is 0 Å². The second-order valence-corrected chi connectivity index (χ2v) is 8.62. The van der Waals surface area contributed by atoms with Gasteiger partial charge in [0.05, 0.1) is 34.6 Å². The predicted molar refractivity (Wildman–Crippen MR) is 121 cm³/mol. The number of carboxylic acids is 1. The maximum absolute atomic E-state index is 13.9. The van der Waals surface area contributed by atoms with Crippen LogP contribution < -0.4 is 16.0 Å².